The van der Waals surface area contributed by atoms with E-state index in [1.165, 1.54) is 6.26 Å². The summed E-state index contributed by atoms with van der Waals surface area (Å²) in [6.45, 7) is 8.42. The Bertz CT molecular complexity index is 489. The van der Waals surface area contributed by atoms with E-state index in [0.717, 1.165) is 30.2 Å². The van der Waals surface area contributed by atoms with Gasteiger partial charge >= 0.3 is 0 Å². The molecule has 5 nitrogen and oxygen atoms in total. The van der Waals surface area contributed by atoms with Crippen molar-refractivity contribution in [2.45, 2.75) is 39.2 Å². The highest BCUT2D eigenvalue weighted by molar-refractivity contribution is 7.88. The fraction of sp³-hybridized carbons (Fsp3) is 0.750. The number of nitrogens with one attached hydrogen (secondary N) is 2. The minimum atomic E-state index is -3.06. The van der Waals surface area contributed by atoms with Crippen molar-refractivity contribution < 1.29 is 8.42 Å². The smallest absolute Gasteiger partial charge is 0.208 e. The lowest BCUT2D eigenvalue weighted by Crippen LogP contribution is -2.26. The molecule has 0 aliphatic rings. The molecule has 0 spiro atoms. The summed E-state index contributed by atoms with van der Waals surface area (Å²) < 4.78 is 24.1. The summed E-state index contributed by atoms with van der Waals surface area (Å²) >= 11 is 1.69. The first-order valence-electron chi connectivity index (χ1n) is 6.29. The maximum absolute atomic E-state index is 10.8. The third kappa shape index (κ3) is 7.00. The van der Waals surface area contributed by atoms with Crippen molar-refractivity contribution in [3.8, 4) is 0 Å². The average Bonchev–Trinajstić information content (AvgIpc) is 2.69. The van der Waals surface area contributed by atoms with Gasteiger partial charge in [-0.15, -0.1) is 11.3 Å². The highest BCUT2D eigenvalue weighted by Crippen LogP contribution is 2.25. The number of nitrogens with zero attached hydrogens (tertiary/aromatic N) is 1. The van der Waals surface area contributed by atoms with E-state index in [2.05, 4.69) is 41.2 Å². The van der Waals surface area contributed by atoms with Crippen molar-refractivity contribution in [1.82, 2.24) is 15.0 Å². The molecule has 1 aromatic rings. The molecular formula is C12H23N3O2S2. The zero-order chi connectivity index (χ0) is 14.5. The van der Waals surface area contributed by atoms with Gasteiger partial charge < -0.3 is 5.32 Å². The van der Waals surface area contributed by atoms with E-state index in [-0.39, 0.29) is 5.41 Å². The first kappa shape index (κ1) is 16.6. The van der Waals surface area contributed by atoms with Gasteiger partial charge in [-0.2, -0.15) is 0 Å². The Balaban J connectivity index is 2.22. The van der Waals surface area contributed by atoms with Crippen LogP contribution in [-0.4, -0.2) is 32.7 Å². The van der Waals surface area contributed by atoms with Gasteiger partial charge in [0.15, 0.2) is 0 Å². The summed E-state index contributed by atoms with van der Waals surface area (Å²) in [5.41, 5.74) is 1.15. The number of rotatable bonds is 7. The summed E-state index contributed by atoms with van der Waals surface area (Å²) in [6, 6.07) is 0. The molecule has 1 heterocycles. The molecule has 2 N–H and O–H groups in total. The molecule has 19 heavy (non-hydrogen) atoms. The van der Waals surface area contributed by atoms with E-state index in [9.17, 15) is 8.42 Å². The number of hydrogen-bond acceptors (Lipinski definition) is 5. The number of aromatic nitrogens is 1. The first-order chi connectivity index (χ1) is 8.68. The van der Waals surface area contributed by atoms with Crippen LogP contribution in [0.25, 0.3) is 0 Å². The molecule has 0 saturated carbocycles. The Labute approximate surface area is 119 Å². The van der Waals surface area contributed by atoms with Crippen LogP contribution in [0.1, 0.15) is 37.9 Å². The van der Waals surface area contributed by atoms with E-state index in [0.29, 0.717) is 6.54 Å². The van der Waals surface area contributed by atoms with E-state index in [1.807, 2.05) is 0 Å². The van der Waals surface area contributed by atoms with Gasteiger partial charge in [0.1, 0.15) is 0 Å². The molecule has 0 radical (unpaired) electrons. The van der Waals surface area contributed by atoms with Crippen LogP contribution < -0.4 is 10.0 Å². The summed E-state index contributed by atoms with van der Waals surface area (Å²) in [6.07, 6.45) is 1.94. The van der Waals surface area contributed by atoms with Gasteiger partial charge in [0.2, 0.25) is 10.0 Å². The molecular weight excluding hydrogens is 282 g/mol. The van der Waals surface area contributed by atoms with Crippen molar-refractivity contribution in [1.29, 1.82) is 0 Å². The molecule has 1 rings (SSSR count). The van der Waals surface area contributed by atoms with Crippen LogP contribution in [-0.2, 0) is 22.0 Å². The van der Waals surface area contributed by atoms with E-state index >= 15 is 0 Å². The number of sulfonamides is 1. The Morgan fingerprint density at radius 2 is 2.00 bits per heavy atom. The van der Waals surface area contributed by atoms with E-state index in [1.54, 1.807) is 11.3 Å². The monoisotopic (exact) mass is 305 g/mol. The SMILES string of the molecule is CC(C)(C)c1nc(CNCCCNS(C)(=O)=O)cs1. The van der Waals surface area contributed by atoms with Crippen molar-refractivity contribution in [2.24, 2.45) is 0 Å². The molecule has 0 atom stereocenters. The van der Waals surface area contributed by atoms with E-state index < -0.39 is 10.0 Å². The number of hydrogen-bond donors (Lipinski definition) is 2. The summed E-state index contributed by atoms with van der Waals surface area (Å²) in [7, 11) is -3.06. The molecule has 0 unspecified atom stereocenters. The van der Waals surface area contributed by atoms with Crippen LogP contribution in [0, 0.1) is 0 Å². The lowest BCUT2D eigenvalue weighted by Gasteiger charge is -2.13. The van der Waals surface area contributed by atoms with Crippen LogP contribution in [0.15, 0.2) is 5.38 Å². The van der Waals surface area contributed by atoms with Gasteiger partial charge in [0.05, 0.1) is 17.0 Å². The Morgan fingerprint density at radius 3 is 2.53 bits per heavy atom. The molecule has 7 heteroatoms. The highest BCUT2D eigenvalue weighted by atomic mass is 32.2. The van der Waals surface area contributed by atoms with Crippen LogP contribution in [0.4, 0.5) is 0 Å². The second-order valence-corrected chi connectivity index (χ2v) is 8.28. The second-order valence-electron chi connectivity index (χ2n) is 5.59. The van der Waals surface area contributed by atoms with Gasteiger partial charge in [-0.05, 0) is 13.0 Å². The zero-order valence-corrected chi connectivity index (χ0v) is 13.6. The van der Waals surface area contributed by atoms with Crippen molar-refractivity contribution in [2.75, 3.05) is 19.3 Å². The molecule has 0 bridgehead atoms. The average molecular weight is 305 g/mol. The molecule has 0 amide bonds. The Morgan fingerprint density at radius 1 is 1.32 bits per heavy atom. The molecule has 0 fully saturated rings. The summed E-state index contributed by atoms with van der Waals surface area (Å²) in [4.78, 5) is 4.58. The fourth-order valence-corrected chi connectivity index (χ4v) is 2.84. The van der Waals surface area contributed by atoms with Gasteiger partial charge in [-0.3, -0.25) is 0 Å². The van der Waals surface area contributed by atoms with Crippen molar-refractivity contribution >= 4 is 21.4 Å². The predicted molar refractivity (Wildman–Crippen MR) is 80.0 cm³/mol. The quantitative estimate of drug-likeness (QED) is 0.748. The molecule has 0 aromatic carbocycles. The minimum Gasteiger partial charge on any atom is -0.311 e. The molecule has 0 saturated heterocycles. The van der Waals surface area contributed by atoms with Crippen LogP contribution in [0.2, 0.25) is 0 Å². The predicted octanol–water partition coefficient (Wildman–Crippen LogP) is 1.47. The molecule has 110 valence electrons. The van der Waals surface area contributed by atoms with Crippen molar-refractivity contribution in [3.05, 3.63) is 16.1 Å². The third-order valence-corrected chi connectivity index (χ3v) is 4.44. The Kier molecular flexibility index (Phi) is 5.91. The topological polar surface area (TPSA) is 71.1 Å². The molecule has 0 aliphatic carbocycles. The van der Waals surface area contributed by atoms with Gasteiger partial charge in [0.25, 0.3) is 0 Å². The molecule has 1 aromatic heterocycles. The zero-order valence-electron chi connectivity index (χ0n) is 12.0. The lowest BCUT2D eigenvalue weighted by molar-refractivity contribution is 0.573. The highest BCUT2D eigenvalue weighted by Gasteiger charge is 2.17. The first-order valence-corrected chi connectivity index (χ1v) is 9.06. The summed E-state index contributed by atoms with van der Waals surface area (Å²) in [5, 5.41) is 6.48. The standard InChI is InChI=1S/C12H23N3O2S2/c1-12(2,3)11-15-10(9-18-11)8-13-6-5-7-14-19(4,16)17/h9,13-14H,5-8H2,1-4H3. The van der Waals surface area contributed by atoms with E-state index in [4.69, 9.17) is 0 Å². The van der Waals surface area contributed by atoms with Gasteiger partial charge in [0, 0.05) is 23.9 Å². The molecule has 0 aliphatic heterocycles. The largest absolute Gasteiger partial charge is 0.311 e. The third-order valence-electron chi connectivity index (χ3n) is 2.39. The maximum Gasteiger partial charge on any atom is 0.208 e. The fourth-order valence-electron chi connectivity index (χ4n) is 1.42. The van der Waals surface area contributed by atoms with Crippen LogP contribution in [0.5, 0.6) is 0 Å². The normalized spacial score (nSPS) is 12.8. The van der Waals surface area contributed by atoms with Crippen LogP contribution >= 0.6 is 11.3 Å². The second kappa shape index (κ2) is 6.78. The van der Waals surface area contributed by atoms with Gasteiger partial charge in [-0.25, -0.2) is 18.1 Å². The van der Waals surface area contributed by atoms with Crippen LogP contribution in [0.3, 0.4) is 0 Å². The number of thiazole rings is 1. The minimum absolute atomic E-state index is 0.0995. The maximum atomic E-state index is 10.8. The van der Waals surface area contributed by atoms with Gasteiger partial charge in [-0.1, -0.05) is 20.8 Å². The lowest BCUT2D eigenvalue weighted by atomic mass is 9.98. The Hall–Kier alpha value is -0.500. The van der Waals surface area contributed by atoms with Crippen molar-refractivity contribution in [3.63, 3.8) is 0 Å². The summed E-state index contributed by atoms with van der Waals surface area (Å²) in [5.74, 6) is 0.